The minimum Gasteiger partial charge on any atom is -0.487 e. The Morgan fingerprint density at radius 2 is 1.49 bits per heavy atom. The number of benzene rings is 2. The van der Waals surface area contributed by atoms with Crippen LogP contribution in [0.2, 0.25) is 0 Å². The zero-order valence-corrected chi connectivity index (χ0v) is 22.6. The predicted octanol–water partition coefficient (Wildman–Crippen LogP) is 7.35. The van der Waals surface area contributed by atoms with E-state index in [1.807, 2.05) is 24.3 Å². The average molecular weight is 483 g/mol. The fourth-order valence-corrected chi connectivity index (χ4v) is 4.38. The number of nitrogens with zero attached hydrogens (tertiary/aromatic N) is 1. The Kier molecular flexibility index (Phi) is 13.5. The number of carbonyl (C=O) groups excluding carboxylic acids is 1. The van der Waals surface area contributed by atoms with E-state index < -0.39 is 0 Å². The molecule has 0 N–H and O–H groups in total. The van der Waals surface area contributed by atoms with Crippen LogP contribution in [0.15, 0.2) is 54.6 Å². The van der Waals surface area contributed by atoms with Gasteiger partial charge >= 0.3 is 5.97 Å². The van der Waals surface area contributed by atoms with Gasteiger partial charge < -0.3 is 14.0 Å². The molecule has 1 unspecified atom stereocenters. The van der Waals surface area contributed by atoms with E-state index in [2.05, 4.69) is 58.3 Å². The zero-order chi connectivity index (χ0) is 25.4. The molecule has 0 heterocycles. The highest BCUT2D eigenvalue weighted by Gasteiger charge is 2.23. The van der Waals surface area contributed by atoms with Gasteiger partial charge in [0.05, 0.1) is 14.1 Å². The molecule has 4 heteroatoms. The fraction of sp³-hybridized carbons (Fsp3) is 0.581. The van der Waals surface area contributed by atoms with E-state index in [1.54, 1.807) is 0 Å². The number of unbranched alkanes of at least 4 members (excludes halogenated alkanes) is 7. The van der Waals surface area contributed by atoms with E-state index in [-0.39, 0.29) is 18.7 Å². The van der Waals surface area contributed by atoms with Crippen LogP contribution in [0.25, 0.3) is 0 Å². The molecule has 0 saturated carbocycles. The van der Waals surface area contributed by atoms with E-state index in [4.69, 9.17) is 9.47 Å². The van der Waals surface area contributed by atoms with Crippen molar-refractivity contribution < 1.29 is 18.8 Å². The zero-order valence-electron chi connectivity index (χ0n) is 22.6. The van der Waals surface area contributed by atoms with Gasteiger partial charge in [-0.25, -0.2) is 4.79 Å². The minimum atomic E-state index is -0.184. The number of likely N-dealkylation sites (N-methyl/N-ethyl adjacent to an activating group) is 1. The fourth-order valence-electron chi connectivity index (χ4n) is 4.38. The summed E-state index contributed by atoms with van der Waals surface area (Å²) in [4.78, 5) is 12.5. The van der Waals surface area contributed by atoms with E-state index in [1.165, 1.54) is 62.5 Å². The minimum absolute atomic E-state index is 0.137. The summed E-state index contributed by atoms with van der Waals surface area (Å²) in [5.41, 5.74) is 2.53. The first-order chi connectivity index (χ1) is 16.9. The second-order valence-electron chi connectivity index (χ2n) is 10.4. The molecule has 0 spiro atoms. The monoisotopic (exact) mass is 482 g/mol. The first kappa shape index (κ1) is 28.9. The Balaban J connectivity index is 1.71. The van der Waals surface area contributed by atoms with E-state index in [0.29, 0.717) is 11.0 Å². The van der Waals surface area contributed by atoms with Crippen molar-refractivity contribution in [2.45, 2.75) is 90.7 Å². The van der Waals surface area contributed by atoms with Crippen molar-refractivity contribution in [3.05, 3.63) is 65.7 Å². The van der Waals surface area contributed by atoms with Crippen molar-refractivity contribution in [3.63, 3.8) is 0 Å². The molecule has 35 heavy (non-hydrogen) atoms. The van der Waals surface area contributed by atoms with Gasteiger partial charge in [-0.15, -0.1) is 0 Å². The number of hydrogen-bond donors (Lipinski definition) is 0. The maximum absolute atomic E-state index is 12.5. The smallest absolute Gasteiger partial charge is 0.361 e. The number of carbonyl (C=O) groups is 1. The molecule has 0 radical (unpaired) electrons. The summed E-state index contributed by atoms with van der Waals surface area (Å²) in [6.07, 6.45) is 12.4. The molecular weight excluding hydrogens is 434 g/mol. The Bertz CT molecular complexity index is 834. The molecular formula is C31H48NO3+. The standard InChI is InChI=1S/C31H48NO3/c1-5-7-8-9-10-11-12-14-18-27-21-17-22-30(23-27)35-29(6-2)26-34-31(33)25-32(3,4)24-28-19-15-13-16-20-28/h13,15-17,19-23,29H,5-12,14,18,24-26H2,1-4H3/q+1. The summed E-state index contributed by atoms with van der Waals surface area (Å²) in [5, 5.41) is 0. The van der Waals surface area contributed by atoms with Crippen LogP contribution in [0.1, 0.15) is 82.8 Å². The Hall–Kier alpha value is -2.33. The average Bonchev–Trinajstić information content (AvgIpc) is 2.83. The SMILES string of the molecule is CCCCCCCCCCc1cccc(OC(CC)COC(=O)C[N+](C)(C)Cc2ccccc2)c1. The first-order valence-corrected chi connectivity index (χ1v) is 13.7. The maximum Gasteiger partial charge on any atom is 0.361 e. The third-order valence-corrected chi connectivity index (χ3v) is 6.42. The molecule has 0 fully saturated rings. The van der Waals surface area contributed by atoms with Gasteiger partial charge in [0.2, 0.25) is 0 Å². The lowest BCUT2D eigenvalue weighted by Crippen LogP contribution is -2.44. The van der Waals surface area contributed by atoms with Crippen molar-refractivity contribution in [2.75, 3.05) is 27.2 Å². The molecule has 0 saturated heterocycles. The summed E-state index contributed by atoms with van der Waals surface area (Å²) in [6, 6.07) is 18.6. The molecule has 194 valence electrons. The lowest BCUT2D eigenvalue weighted by Gasteiger charge is -2.29. The number of ether oxygens (including phenoxy) is 2. The highest BCUT2D eigenvalue weighted by atomic mass is 16.6. The van der Waals surface area contributed by atoms with Gasteiger partial charge in [0.1, 0.15) is 25.0 Å². The van der Waals surface area contributed by atoms with E-state index in [9.17, 15) is 4.79 Å². The van der Waals surface area contributed by atoms with Crippen LogP contribution in [-0.4, -0.2) is 43.8 Å². The summed E-state index contributed by atoms with van der Waals surface area (Å²) in [6.45, 7) is 5.73. The van der Waals surface area contributed by atoms with Gasteiger partial charge in [0, 0.05) is 5.56 Å². The molecule has 0 aliphatic heterocycles. The van der Waals surface area contributed by atoms with Crippen molar-refractivity contribution in [2.24, 2.45) is 0 Å². The molecule has 0 aliphatic carbocycles. The van der Waals surface area contributed by atoms with Gasteiger partial charge in [0.15, 0.2) is 6.54 Å². The van der Waals surface area contributed by atoms with Gasteiger partial charge in [-0.1, -0.05) is 101 Å². The van der Waals surface area contributed by atoms with Crippen LogP contribution in [0.5, 0.6) is 5.75 Å². The second kappa shape index (κ2) is 16.4. The number of esters is 1. The van der Waals surface area contributed by atoms with Gasteiger partial charge in [-0.2, -0.15) is 0 Å². The molecule has 0 aromatic heterocycles. The lowest BCUT2D eigenvalue weighted by molar-refractivity contribution is -0.896. The van der Waals surface area contributed by atoms with Gasteiger partial charge in [0.25, 0.3) is 0 Å². The highest BCUT2D eigenvalue weighted by Crippen LogP contribution is 2.19. The van der Waals surface area contributed by atoms with Crippen LogP contribution in [0, 0.1) is 0 Å². The molecule has 0 bridgehead atoms. The summed E-state index contributed by atoms with van der Waals surface area (Å²) < 4.78 is 12.4. The topological polar surface area (TPSA) is 35.5 Å². The van der Waals surface area contributed by atoms with E-state index in [0.717, 1.165) is 25.1 Å². The molecule has 4 nitrogen and oxygen atoms in total. The number of aryl methyl sites for hydroxylation is 1. The van der Waals surface area contributed by atoms with Crippen molar-refractivity contribution in [1.29, 1.82) is 0 Å². The van der Waals surface area contributed by atoms with Crippen molar-refractivity contribution >= 4 is 5.97 Å². The quantitative estimate of drug-likeness (QED) is 0.127. The largest absolute Gasteiger partial charge is 0.487 e. The van der Waals surface area contributed by atoms with Crippen LogP contribution in [-0.2, 0) is 22.5 Å². The Morgan fingerprint density at radius 1 is 0.829 bits per heavy atom. The van der Waals surface area contributed by atoms with Gasteiger partial charge in [-0.05, 0) is 37.0 Å². The Morgan fingerprint density at radius 3 is 2.17 bits per heavy atom. The number of hydrogen-bond acceptors (Lipinski definition) is 3. The number of rotatable bonds is 18. The highest BCUT2D eigenvalue weighted by molar-refractivity contribution is 5.70. The first-order valence-electron chi connectivity index (χ1n) is 13.7. The van der Waals surface area contributed by atoms with Crippen LogP contribution in [0.4, 0.5) is 0 Å². The third-order valence-electron chi connectivity index (χ3n) is 6.42. The normalized spacial score (nSPS) is 12.3. The summed E-state index contributed by atoms with van der Waals surface area (Å²) in [5.74, 6) is 0.682. The predicted molar refractivity (Wildman–Crippen MR) is 146 cm³/mol. The van der Waals surface area contributed by atoms with E-state index >= 15 is 0 Å². The molecule has 2 aromatic rings. The summed E-state index contributed by atoms with van der Waals surface area (Å²) in [7, 11) is 4.11. The molecule has 0 aliphatic rings. The van der Waals surface area contributed by atoms with Crippen LogP contribution < -0.4 is 4.74 Å². The van der Waals surface area contributed by atoms with Gasteiger partial charge in [-0.3, -0.25) is 0 Å². The molecule has 1 atom stereocenters. The van der Waals surface area contributed by atoms with Crippen LogP contribution >= 0.6 is 0 Å². The van der Waals surface area contributed by atoms with Crippen molar-refractivity contribution in [1.82, 2.24) is 0 Å². The molecule has 0 amide bonds. The molecule has 2 rings (SSSR count). The third kappa shape index (κ3) is 12.8. The Labute approximate surface area is 214 Å². The maximum atomic E-state index is 12.5. The second-order valence-corrected chi connectivity index (χ2v) is 10.4. The lowest BCUT2D eigenvalue weighted by atomic mass is 10.0. The number of quaternary nitrogens is 1. The summed E-state index contributed by atoms with van der Waals surface area (Å²) >= 11 is 0. The molecule has 2 aromatic carbocycles. The van der Waals surface area contributed by atoms with Crippen LogP contribution in [0.3, 0.4) is 0 Å². The van der Waals surface area contributed by atoms with Crippen molar-refractivity contribution in [3.8, 4) is 5.75 Å².